The number of hydrogen-bond donors (Lipinski definition) is 3. The van der Waals surface area contributed by atoms with Gasteiger partial charge < -0.3 is 20.7 Å². The normalized spacial score (nSPS) is 9.67. The summed E-state index contributed by atoms with van der Waals surface area (Å²) in [5, 5.41) is 18.0. The number of ether oxygens (including phenoxy) is 1. The molecule has 0 unspecified atom stereocenters. The lowest BCUT2D eigenvalue weighted by molar-refractivity contribution is 0.115. The van der Waals surface area contributed by atoms with Crippen LogP contribution in [0.15, 0.2) is 12.1 Å². The van der Waals surface area contributed by atoms with E-state index in [0.717, 1.165) is 4.57 Å². The number of rotatable bonds is 2. The van der Waals surface area contributed by atoms with Crippen LogP contribution in [0.4, 0.5) is 4.79 Å². The Morgan fingerprint density at radius 1 is 1.50 bits per heavy atom. The minimum Gasteiger partial charge on any atom is -0.494 e. The molecule has 1 heterocycles. The zero-order valence-electron chi connectivity index (χ0n) is 6.10. The highest BCUT2D eigenvalue weighted by Gasteiger charge is 2.05. The number of hydrogen-bond acceptors (Lipinski definition) is 4. The number of carbonyl (C=O) groups excluding carboxylic acids is 1. The summed E-state index contributed by atoms with van der Waals surface area (Å²) < 4.78 is 5.31. The van der Waals surface area contributed by atoms with E-state index in [1.165, 1.54) is 12.1 Å². The van der Waals surface area contributed by atoms with Crippen molar-refractivity contribution in [3.8, 4) is 11.8 Å². The van der Waals surface area contributed by atoms with E-state index in [2.05, 4.69) is 10.5 Å². The first kappa shape index (κ1) is 8.25. The third kappa shape index (κ3) is 1.60. The number of nitrogens with two attached hydrogens (primary N) is 1. The molecule has 1 rings (SSSR count). The van der Waals surface area contributed by atoms with Crippen LogP contribution in [-0.2, 0) is 11.5 Å². The molecule has 0 aromatic carbocycles. The van der Waals surface area contributed by atoms with Crippen LogP contribution in [0.1, 0.15) is 0 Å². The molecule has 0 aliphatic carbocycles. The van der Waals surface area contributed by atoms with Gasteiger partial charge in [0, 0.05) is 12.1 Å². The Labute approximate surface area is 67.8 Å². The molecule has 0 saturated heterocycles. The maximum absolute atomic E-state index is 10.1. The second kappa shape index (κ2) is 3.04. The summed E-state index contributed by atoms with van der Waals surface area (Å²) in [6.45, 7) is -0.306. The first-order chi connectivity index (χ1) is 5.61. The van der Waals surface area contributed by atoms with E-state index in [1.54, 1.807) is 0 Å². The minimum atomic E-state index is -0.970. The number of primary amides is 1. The zero-order chi connectivity index (χ0) is 9.14. The highest BCUT2D eigenvalue weighted by Crippen LogP contribution is 2.20. The molecule has 6 nitrogen and oxygen atoms in total. The molecule has 4 N–H and O–H groups in total. The van der Waals surface area contributed by atoms with Crippen LogP contribution >= 0.6 is 0 Å². The van der Waals surface area contributed by atoms with Gasteiger partial charge in [0.15, 0.2) is 18.5 Å². The van der Waals surface area contributed by atoms with Gasteiger partial charge in [-0.2, -0.15) is 0 Å². The molecule has 0 atom stereocenters. The molecule has 1 amide bonds. The molecule has 0 aliphatic heterocycles. The number of aromatic hydroxyl groups is 2. The summed E-state index contributed by atoms with van der Waals surface area (Å²) >= 11 is 0. The Hall–Kier alpha value is -1.85. The molecule has 1 aromatic heterocycles. The summed E-state index contributed by atoms with van der Waals surface area (Å²) in [6.07, 6.45) is -0.970. The predicted molar refractivity (Wildman–Crippen MR) is 38.4 cm³/mol. The summed E-state index contributed by atoms with van der Waals surface area (Å²) in [7, 11) is 0. The van der Waals surface area contributed by atoms with E-state index in [-0.39, 0.29) is 18.5 Å². The summed E-state index contributed by atoms with van der Waals surface area (Å²) in [5.41, 5.74) is 4.67. The fourth-order valence-electron chi connectivity index (χ4n) is 0.707. The molecule has 0 radical (unpaired) electrons. The van der Waals surface area contributed by atoms with Gasteiger partial charge in [-0.05, 0) is 0 Å². The first-order valence-corrected chi connectivity index (χ1v) is 3.11. The van der Waals surface area contributed by atoms with Crippen molar-refractivity contribution in [2.45, 2.75) is 6.73 Å². The van der Waals surface area contributed by atoms with Gasteiger partial charge in [-0.15, -0.1) is 0 Å². The second-order valence-electron chi connectivity index (χ2n) is 2.07. The molecule has 1 aromatic rings. The van der Waals surface area contributed by atoms with Crippen LogP contribution in [0.2, 0.25) is 0 Å². The molecule has 12 heavy (non-hydrogen) atoms. The van der Waals surface area contributed by atoms with Crippen molar-refractivity contribution in [3.63, 3.8) is 0 Å². The van der Waals surface area contributed by atoms with Crippen molar-refractivity contribution >= 4 is 6.09 Å². The van der Waals surface area contributed by atoms with Gasteiger partial charge >= 0.3 is 6.09 Å². The van der Waals surface area contributed by atoms with Crippen molar-refractivity contribution in [2.75, 3.05) is 0 Å². The van der Waals surface area contributed by atoms with Gasteiger partial charge in [-0.1, -0.05) is 0 Å². The molecule has 66 valence electrons. The van der Waals surface area contributed by atoms with Crippen molar-refractivity contribution in [2.24, 2.45) is 5.73 Å². The standard InChI is InChI=1S/C6H8N2O4/c7-6(11)12-3-8-4(9)1-2-5(8)10/h1-2,9-10H,3H2,(H2,7,11). The quantitative estimate of drug-likeness (QED) is 0.582. The van der Waals surface area contributed by atoms with Crippen LogP contribution in [0.5, 0.6) is 11.8 Å². The maximum atomic E-state index is 10.1. The summed E-state index contributed by atoms with van der Waals surface area (Å²) in [6, 6.07) is 2.53. The van der Waals surface area contributed by atoms with Gasteiger partial charge in [0.1, 0.15) is 0 Å². The van der Waals surface area contributed by atoms with Crippen molar-refractivity contribution in [1.29, 1.82) is 0 Å². The van der Waals surface area contributed by atoms with Gasteiger partial charge in [-0.3, -0.25) is 0 Å². The molecular weight excluding hydrogens is 164 g/mol. The summed E-state index contributed by atoms with van der Waals surface area (Å²) in [5.74, 6) is -0.400. The van der Waals surface area contributed by atoms with E-state index in [4.69, 9.17) is 10.2 Å². The smallest absolute Gasteiger partial charge is 0.406 e. The molecule has 0 aliphatic rings. The molecule has 6 heteroatoms. The largest absolute Gasteiger partial charge is 0.494 e. The Morgan fingerprint density at radius 2 is 2.00 bits per heavy atom. The lowest BCUT2D eigenvalue weighted by atomic mass is 10.6. The topological polar surface area (TPSA) is 97.7 Å². The van der Waals surface area contributed by atoms with Crippen molar-refractivity contribution in [1.82, 2.24) is 4.57 Å². The van der Waals surface area contributed by atoms with Gasteiger partial charge in [-0.25, -0.2) is 9.36 Å². The minimum absolute atomic E-state index is 0.200. The third-order valence-corrected chi connectivity index (χ3v) is 1.27. The lowest BCUT2D eigenvalue weighted by Crippen LogP contribution is -2.15. The molecule has 0 spiro atoms. The Morgan fingerprint density at radius 3 is 2.42 bits per heavy atom. The number of amides is 1. The zero-order valence-corrected chi connectivity index (χ0v) is 6.10. The second-order valence-corrected chi connectivity index (χ2v) is 2.07. The van der Waals surface area contributed by atoms with E-state index in [9.17, 15) is 4.79 Å². The van der Waals surface area contributed by atoms with Crippen LogP contribution < -0.4 is 5.73 Å². The third-order valence-electron chi connectivity index (χ3n) is 1.27. The van der Waals surface area contributed by atoms with E-state index in [1.807, 2.05) is 0 Å². The highest BCUT2D eigenvalue weighted by atomic mass is 16.6. The summed E-state index contributed by atoms with van der Waals surface area (Å²) in [4.78, 5) is 10.1. The van der Waals surface area contributed by atoms with Gasteiger partial charge in [0.2, 0.25) is 0 Å². The van der Waals surface area contributed by atoms with Crippen molar-refractivity contribution < 1.29 is 19.7 Å². The SMILES string of the molecule is NC(=O)OCn1c(O)ccc1O. The Balaban J connectivity index is 2.68. The van der Waals surface area contributed by atoms with Gasteiger partial charge in [0.05, 0.1) is 0 Å². The van der Waals surface area contributed by atoms with E-state index >= 15 is 0 Å². The highest BCUT2D eigenvalue weighted by molar-refractivity contribution is 5.64. The molecular formula is C6H8N2O4. The maximum Gasteiger partial charge on any atom is 0.406 e. The average Bonchev–Trinajstić information content (AvgIpc) is 2.28. The first-order valence-electron chi connectivity index (χ1n) is 3.11. The van der Waals surface area contributed by atoms with E-state index in [0.29, 0.717) is 0 Å². The Kier molecular flexibility index (Phi) is 2.09. The number of aromatic nitrogens is 1. The molecule has 0 saturated carbocycles. The van der Waals surface area contributed by atoms with E-state index < -0.39 is 6.09 Å². The average molecular weight is 172 g/mol. The Bertz CT molecular complexity index is 274. The van der Waals surface area contributed by atoms with Crippen LogP contribution in [-0.4, -0.2) is 20.9 Å². The van der Waals surface area contributed by atoms with Gasteiger partial charge in [0.25, 0.3) is 0 Å². The number of nitrogens with zero attached hydrogens (tertiary/aromatic N) is 1. The number of carbonyl (C=O) groups is 1. The van der Waals surface area contributed by atoms with Crippen LogP contribution in [0.3, 0.4) is 0 Å². The van der Waals surface area contributed by atoms with Crippen molar-refractivity contribution in [3.05, 3.63) is 12.1 Å². The molecule has 0 fully saturated rings. The lowest BCUT2D eigenvalue weighted by Gasteiger charge is -2.05. The fourth-order valence-corrected chi connectivity index (χ4v) is 0.707. The van der Waals surface area contributed by atoms with Crippen LogP contribution in [0.25, 0.3) is 0 Å². The monoisotopic (exact) mass is 172 g/mol. The fraction of sp³-hybridized carbons (Fsp3) is 0.167. The predicted octanol–water partition coefficient (Wildman–Crippen LogP) is -0.0479. The van der Waals surface area contributed by atoms with Crippen LogP contribution in [0, 0.1) is 0 Å². The molecule has 0 bridgehead atoms.